The second kappa shape index (κ2) is 7.50. The number of carbonyl (C=O) groups is 1. The van der Waals surface area contributed by atoms with E-state index in [-0.39, 0.29) is 11.9 Å². The van der Waals surface area contributed by atoms with Crippen molar-refractivity contribution >= 4 is 5.91 Å². The highest BCUT2D eigenvalue weighted by molar-refractivity contribution is 5.94. The number of ether oxygens (including phenoxy) is 1. The van der Waals surface area contributed by atoms with Crippen molar-refractivity contribution in [3.05, 3.63) is 46.8 Å². The monoisotopic (exact) mass is 354 g/mol. The van der Waals surface area contributed by atoms with Crippen LogP contribution < -0.4 is 10.1 Å². The molecule has 1 aromatic heterocycles. The van der Waals surface area contributed by atoms with Crippen LogP contribution in [0.1, 0.15) is 59.0 Å². The molecule has 0 aliphatic carbocycles. The molecule has 0 radical (unpaired) electrons. The van der Waals surface area contributed by atoms with Crippen LogP contribution in [0.2, 0.25) is 0 Å². The molecule has 0 saturated carbocycles. The maximum atomic E-state index is 13.4. The summed E-state index contributed by atoms with van der Waals surface area (Å²) in [6.07, 6.45) is 5.24. The molecule has 6 nitrogen and oxygen atoms in total. The van der Waals surface area contributed by atoms with E-state index in [1.165, 1.54) is 5.56 Å². The first-order valence-electron chi connectivity index (χ1n) is 9.49. The minimum absolute atomic E-state index is 0.0499. The molecule has 2 aliphatic heterocycles. The van der Waals surface area contributed by atoms with Gasteiger partial charge in [0.1, 0.15) is 5.75 Å². The number of amides is 1. The zero-order valence-corrected chi connectivity index (χ0v) is 15.3. The smallest absolute Gasteiger partial charge is 0.275 e. The summed E-state index contributed by atoms with van der Waals surface area (Å²) >= 11 is 0. The van der Waals surface area contributed by atoms with E-state index >= 15 is 0 Å². The molecule has 26 heavy (non-hydrogen) atoms. The van der Waals surface area contributed by atoms with E-state index in [2.05, 4.69) is 27.6 Å². The Morgan fingerprint density at radius 1 is 1.23 bits per heavy atom. The van der Waals surface area contributed by atoms with E-state index in [0.29, 0.717) is 12.2 Å². The Morgan fingerprint density at radius 3 is 2.88 bits per heavy atom. The molecule has 1 aromatic carbocycles. The lowest BCUT2D eigenvalue weighted by Gasteiger charge is -2.30. The minimum Gasteiger partial charge on any atom is -0.497 e. The number of methoxy groups -OCH3 is 1. The quantitative estimate of drug-likeness (QED) is 0.889. The van der Waals surface area contributed by atoms with Crippen LogP contribution in [0.15, 0.2) is 24.3 Å². The molecule has 2 aliphatic rings. The summed E-state index contributed by atoms with van der Waals surface area (Å²) in [4.78, 5) is 15.4. The maximum Gasteiger partial charge on any atom is 0.275 e. The molecule has 1 saturated heterocycles. The molecule has 1 unspecified atom stereocenters. The number of nitrogens with one attached hydrogen (secondary N) is 2. The number of aromatic nitrogens is 2. The number of carbonyl (C=O) groups excluding carboxylic acids is 1. The van der Waals surface area contributed by atoms with Gasteiger partial charge in [-0.25, -0.2) is 0 Å². The number of nitrogens with zero attached hydrogens (tertiary/aromatic N) is 2. The van der Waals surface area contributed by atoms with Crippen LogP contribution in [0.3, 0.4) is 0 Å². The Bertz CT molecular complexity index is 769. The van der Waals surface area contributed by atoms with Gasteiger partial charge in [-0.2, -0.15) is 5.10 Å². The predicted octanol–water partition coefficient (Wildman–Crippen LogP) is 2.82. The molecule has 4 rings (SSSR count). The lowest BCUT2D eigenvalue weighted by Crippen LogP contribution is -2.36. The summed E-state index contributed by atoms with van der Waals surface area (Å²) < 4.78 is 5.28. The molecule has 0 spiro atoms. The highest BCUT2D eigenvalue weighted by atomic mass is 16.5. The average molecular weight is 354 g/mol. The lowest BCUT2D eigenvalue weighted by atomic mass is 9.99. The van der Waals surface area contributed by atoms with Gasteiger partial charge in [-0.3, -0.25) is 9.89 Å². The number of aromatic amines is 1. The van der Waals surface area contributed by atoms with Crippen molar-refractivity contribution in [2.24, 2.45) is 0 Å². The summed E-state index contributed by atoms with van der Waals surface area (Å²) in [7, 11) is 1.67. The van der Waals surface area contributed by atoms with Crippen molar-refractivity contribution in [3.8, 4) is 5.75 Å². The first kappa shape index (κ1) is 17.1. The molecule has 138 valence electrons. The van der Waals surface area contributed by atoms with Crippen LogP contribution >= 0.6 is 0 Å². The average Bonchev–Trinajstić information content (AvgIpc) is 2.97. The number of rotatable bonds is 3. The van der Waals surface area contributed by atoms with Crippen molar-refractivity contribution in [2.75, 3.05) is 20.2 Å². The third-order valence-electron chi connectivity index (χ3n) is 5.52. The van der Waals surface area contributed by atoms with Crippen LogP contribution in [0.25, 0.3) is 0 Å². The number of likely N-dealkylation sites (tertiary alicyclic amines) is 1. The van der Waals surface area contributed by atoms with Crippen LogP contribution in [-0.4, -0.2) is 41.2 Å². The van der Waals surface area contributed by atoms with Crippen LogP contribution in [0.5, 0.6) is 5.75 Å². The third-order valence-corrected chi connectivity index (χ3v) is 5.52. The molecule has 1 fully saturated rings. The van der Waals surface area contributed by atoms with Gasteiger partial charge >= 0.3 is 0 Å². The van der Waals surface area contributed by atoms with E-state index in [9.17, 15) is 4.79 Å². The van der Waals surface area contributed by atoms with Crippen molar-refractivity contribution in [2.45, 2.75) is 44.7 Å². The standard InChI is InChI=1S/C20H26N4O2/c1-26-15-8-6-14(7-9-15)18-5-3-2-4-12-24(18)20(25)19-16-13-21-11-10-17(16)22-23-19/h6-9,18,21H,2-5,10-13H2,1H3,(H,22,23). The first-order chi connectivity index (χ1) is 12.8. The normalized spacial score (nSPS) is 20.3. The van der Waals surface area contributed by atoms with Gasteiger partial charge in [0.25, 0.3) is 5.91 Å². The van der Waals surface area contributed by atoms with E-state index < -0.39 is 0 Å². The highest BCUT2D eigenvalue weighted by Gasteiger charge is 2.31. The largest absolute Gasteiger partial charge is 0.497 e. The Morgan fingerprint density at radius 2 is 2.08 bits per heavy atom. The summed E-state index contributed by atoms with van der Waals surface area (Å²) in [5.41, 5.74) is 3.90. The summed E-state index contributed by atoms with van der Waals surface area (Å²) in [6.45, 7) is 2.43. The molecule has 1 atom stereocenters. The maximum absolute atomic E-state index is 13.4. The predicted molar refractivity (Wildman–Crippen MR) is 99.2 cm³/mol. The van der Waals surface area contributed by atoms with E-state index in [0.717, 1.165) is 62.2 Å². The van der Waals surface area contributed by atoms with Crippen LogP contribution in [0, 0.1) is 0 Å². The van der Waals surface area contributed by atoms with Crippen LogP contribution in [-0.2, 0) is 13.0 Å². The SMILES string of the molecule is COc1ccc(C2CCCCCN2C(=O)c2n[nH]c3c2CNCC3)cc1. The fourth-order valence-corrected chi connectivity index (χ4v) is 4.06. The van der Waals surface area contributed by atoms with Crippen LogP contribution in [0.4, 0.5) is 0 Å². The molecule has 2 N–H and O–H groups in total. The summed E-state index contributed by atoms with van der Waals surface area (Å²) in [5, 5.41) is 10.8. The van der Waals surface area contributed by atoms with E-state index in [4.69, 9.17) is 4.74 Å². The van der Waals surface area contributed by atoms with Crippen molar-refractivity contribution in [1.82, 2.24) is 20.4 Å². The van der Waals surface area contributed by atoms with Gasteiger partial charge < -0.3 is 15.0 Å². The fourth-order valence-electron chi connectivity index (χ4n) is 4.06. The van der Waals surface area contributed by atoms with Crippen molar-refractivity contribution in [3.63, 3.8) is 0 Å². The number of hydrogen-bond acceptors (Lipinski definition) is 4. The summed E-state index contributed by atoms with van der Waals surface area (Å²) in [6, 6.07) is 8.21. The number of H-pyrrole nitrogens is 1. The Kier molecular flexibility index (Phi) is 4.93. The molecule has 0 bridgehead atoms. The van der Waals surface area contributed by atoms with Gasteiger partial charge in [-0.05, 0) is 30.5 Å². The highest BCUT2D eigenvalue weighted by Crippen LogP contribution is 2.33. The molecule has 1 amide bonds. The molecule has 3 heterocycles. The van der Waals surface area contributed by atoms with Gasteiger partial charge in [0.15, 0.2) is 5.69 Å². The summed E-state index contributed by atoms with van der Waals surface area (Å²) in [5.74, 6) is 0.890. The van der Waals surface area contributed by atoms with Gasteiger partial charge in [-0.15, -0.1) is 0 Å². The van der Waals surface area contributed by atoms with Gasteiger partial charge in [0, 0.05) is 37.3 Å². The third kappa shape index (κ3) is 3.21. The number of fused-ring (bicyclic) bond motifs is 1. The van der Waals surface area contributed by atoms with Gasteiger partial charge in [0.05, 0.1) is 13.2 Å². The van der Waals surface area contributed by atoms with E-state index in [1.807, 2.05) is 17.0 Å². The van der Waals surface area contributed by atoms with Gasteiger partial charge in [0.2, 0.25) is 0 Å². The van der Waals surface area contributed by atoms with E-state index in [1.54, 1.807) is 7.11 Å². The first-order valence-corrected chi connectivity index (χ1v) is 9.49. The lowest BCUT2D eigenvalue weighted by molar-refractivity contribution is 0.0673. The Balaban J connectivity index is 1.64. The molecule has 6 heteroatoms. The molecule has 2 aromatic rings. The number of benzene rings is 1. The van der Waals surface area contributed by atoms with Gasteiger partial charge in [-0.1, -0.05) is 25.0 Å². The number of hydrogen-bond donors (Lipinski definition) is 2. The zero-order valence-electron chi connectivity index (χ0n) is 15.3. The Hall–Kier alpha value is -2.34. The molecular formula is C20H26N4O2. The molecular weight excluding hydrogens is 328 g/mol. The van der Waals surface area contributed by atoms with Crippen molar-refractivity contribution < 1.29 is 9.53 Å². The fraction of sp³-hybridized carbons (Fsp3) is 0.500. The second-order valence-corrected chi connectivity index (χ2v) is 7.09. The minimum atomic E-state index is 0.0499. The Labute approximate surface area is 153 Å². The van der Waals surface area contributed by atoms with Crippen molar-refractivity contribution in [1.29, 1.82) is 0 Å². The topological polar surface area (TPSA) is 70.2 Å². The second-order valence-electron chi connectivity index (χ2n) is 7.09. The zero-order chi connectivity index (χ0) is 17.9.